The Kier molecular flexibility index (Phi) is 11.6. The third kappa shape index (κ3) is 10.6. The lowest BCUT2D eigenvalue weighted by molar-refractivity contribution is -0.143. The van der Waals surface area contributed by atoms with Gasteiger partial charge in [0, 0.05) is 12.8 Å². The number of amides is 3. The summed E-state index contributed by atoms with van der Waals surface area (Å²) in [6.07, 6.45) is -1.76. The lowest BCUT2D eigenvalue weighted by atomic mass is 10.0. The molecule has 0 aliphatic heterocycles. The number of carbonyl (C=O) groups excluding carboxylic acids is 3. The number of hydrogen-bond acceptors (Lipinski definition) is 7. The topological polar surface area (TPSA) is 225 Å². The molecule has 13 heteroatoms. The van der Waals surface area contributed by atoms with Gasteiger partial charge in [0.2, 0.25) is 17.7 Å². The summed E-state index contributed by atoms with van der Waals surface area (Å²) in [5.41, 5.74) is 6.76. The zero-order valence-corrected chi connectivity index (χ0v) is 20.8. The van der Waals surface area contributed by atoms with E-state index >= 15 is 0 Å². The fourth-order valence-corrected chi connectivity index (χ4v) is 3.60. The van der Waals surface area contributed by atoms with Crippen LogP contribution in [0.3, 0.4) is 0 Å². The van der Waals surface area contributed by atoms with Gasteiger partial charge in [-0.3, -0.25) is 24.0 Å². The van der Waals surface area contributed by atoms with Crippen molar-refractivity contribution < 1.29 is 44.1 Å². The molecule has 0 spiro atoms. The predicted molar refractivity (Wildman–Crippen MR) is 136 cm³/mol. The molecule has 0 aliphatic carbocycles. The zero-order valence-electron chi connectivity index (χ0n) is 20.8. The van der Waals surface area contributed by atoms with E-state index in [1.54, 1.807) is 60.7 Å². The van der Waals surface area contributed by atoms with Crippen LogP contribution in [0.15, 0.2) is 60.7 Å². The Bertz CT molecular complexity index is 1170. The first-order valence-corrected chi connectivity index (χ1v) is 11.9. The third-order valence-corrected chi connectivity index (χ3v) is 5.56. The number of carbonyl (C=O) groups is 6. The van der Waals surface area contributed by atoms with E-state index in [2.05, 4.69) is 16.0 Å². The van der Waals surface area contributed by atoms with E-state index in [0.717, 1.165) is 0 Å². The molecule has 2 aromatic rings. The van der Waals surface area contributed by atoms with E-state index < -0.39 is 72.6 Å². The van der Waals surface area contributed by atoms with Gasteiger partial charge in [0.25, 0.3) is 0 Å². The highest BCUT2D eigenvalue weighted by Crippen LogP contribution is 2.08. The Morgan fingerprint density at radius 2 is 1.00 bits per heavy atom. The summed E-state index contributed by atoms with van der Waals surface area (Å²) >= 11 is 0. The van der Waals surface area contributed by atoms with Gasteiger partial charge in [-0.2, -0.15) is 0 Å². The maximum absolute atomic E-state index is 13.2. The molecule has 39 heavy (non-hydrogen) atoms. The number of nitrogens with one attached hydrogen (secondary N) is 3. The molecule has 4 atom stereocenters. The van der Waals surface area contributed by atoms with Crippen LogP contribution >= 0.6 is 0 Å². The highest BCUT2D eigenvalue weighted by atomic mass is 16.4. The van der Waals surface area contributed by atoms with E-state index in [0.29, 0.717) is 11.1 Å². The molecule has 8 N–H and O–H groups in total. The number of carboxylic acid groups (broad SMARTS) is 3. The second-order valence-electron chi connectivity index (χ2n) is 8.70. The van der Waals surface area contributed by atoms with Crippen LogP contribution in [-0.2, 0) is 41.6 Å². The quantitative estimate of drug-likeness (QED) is 0.150. The minimum Gasteiger partial charge on any atom is -0.481 e. The summed E-state index contributed by atoms with van der Waals surface area (Å²) < 4.78 is 0. The van der Waals surface area contributed by atoms with Crippen molar-refractivity contribution in [2.24, 2.45) is 5.73 Å². The molecule has 0 heterocycles. The van der Waals surface area contributed by atoms with E-state index in [-0.39, 0.29) is 12.8 Å². The fraction of sp³-hybridized carbons (Fsp3) is 0.308. The molecule has 13 nitrogen and oxygen atoms in total. The Morgan fingerprint density at radius 3 is 1.46 bits per heavy atom. The molecule has 0 radical (unpaired) electrons. The van der Waals surface area contributed by atoms with Crippen molar-refractivity contribution in [3.8, 4) is 0 Å². The van der Waals surface area contributed by atoms with Gasteiger partial charge in [0.05, 0.1) is 18.9 Å². The molecule has 4 unspecified atom stereocenters. The van der Waals surface area contributed by atoms with Gasteiger partial charge in [-0.05, 0) is 11.1 Å². The summed E-state index contributed by atoms with van der Waals surface area (Å²) in [7, 11) is 0. The number of rotatable bonds is 15. The first-order chi connectivity index (χ1) is 18.5. The zero-order chi connectivity index (χ0) is 28.9. The fourth-order valence-electron chi connectivity index (χ4n) is 3.60. The molecule has 2 rings (SSSR count). The number of aliphatic carboxylic acids is 3. The van der Waals surface area contributed by atoms with Crippen LogP contribution < -0.4 is 21.7 Å². The van der Waals surface area contributed by atoms with Crippen molar-refractivity contribution in [2.75, 3.05) is 0 Å². The van der Waals surface area contributed by atoms with Gasteiger partial charge in [-0.1, -0.05) is 60.7 Å². The normalized spacial score (nSPS) is 13.7. The lowest BCUT2D eigenvalue weighted by Crippen LogP contribution is -2.58. The van der Waals surface area contributed by atoms with Gasteiger partial charge >= 0.3 is 17.9 Å². The summed E-state index contributed by atoms with van der Waals surface area (Å²) in [6.45, 7) is 0. The van der Waals surface area contributed by atoms with Crippen LogP contribution in [0.25, 0.3) is 0 Å². The summed E-state index contributed by atoms with van der Waals surface area (Å²) in [4.78, 5) is 72.6. The SMILES string of the molecule is NC(CC(=O)O)C(=O)NC(CC(=O)O)C(=O)NC(Cc1ccccc1)C(=O)NC(Cc1ccccc1)C(=O)O. The molecular formula is C26H30N4O9. The summed E-state index contributed by atoms with van der Waals surface area (Å²) in [6, 6.07) is 11.1. The smallest absolute Gasteiger partial charge is 0.326 e. The number of hydrogen-bond donors (Lipinski definition) is 7. The Labute approximate surface area is 223 Å². The molecular weight excluding hydrogens is 512 g/mol. The third-order valence-electron chi connectivity index (χ3n) is 5.56. The molecule has 208 valence electrons. The maximum Gasteiger partial charge on any atom is 0.326 e. The van der Waals surface area contributed by atoms with Gasteiger partial charge < -0.3 is 37.0 Å². The largest absolute Gasteiger partial charge is 0.481 e. The molecule has 0 saturated heterocycles. The number of nitrogens with two attached hydrogens (primary N) is 1. The Balaban J connectivity index is 2.25. The second kappa shape index (κ2) is 14.8. The van der Waals surface area contributed by atoms with Crippen molar-refractivity contribution in [3.05, 3.63) is 71.8 Å². The van der Waals surface area contributed by atoms with Crippen molar-refractivity contribution in [3.63, 3.8) is 0 Å². The second-order valence-corrected chi connectivity index (χ2v) is 8.70. The van der Waals surface area contributed by atoms with Crippen molar-refractivity contribution in [1.82, 2.24) is 16.0 Å². The number of carboxylic acids is 3. The lowest BCUT2D eigenvalue weighted by Gasteiger charge is -2.25. The Hall–Kier alpha value is -4.78. The van der Waals surface area contributed by atoms with Gasteiger partial charge in [0.15, 0.2) is 0 Å². The first-order valence-electron chi connectivity index (χ1n) is 11.9. The van der Waals surface area contributed by atoms with Crippen LogP contribution in [0.1, 0.15) is 24.0 Å². The highest BCUT2D eigenvalue weighted by molar-refractivity contribution is 5.96. The molecule has 0 bridgehead atoms. The van der Waals surface area contributed by atoms with Crippen molar-refractivity contribution >= 4 is 35.6 Å². The average molecular weight is 543 g/mol. The van der Waals surface area contributed by atoms with Crippen LogP contribution in [0.5, 0.6) is 0 Å². The molecule has 3 amide bonds. The van der Waals surface area contributed by atoms with Gasteiger partial charge in [0.1, 0.15) is 18.1 Å². The molecule has 0 aliphatic rings. The summed E-state index contributed by atoms with van der Waals surface area (Å²) in [5.74, 6) is -7.12. The minimum absolute atomic E-state index is 0.0346. The molecule has 0 saturated carbocycles. The molecule has 0 aromatic heterocycles. The first kappa shape index (κ1) is 30.4. The minimum atomic E-state index is -1.69. The van der Waals surface area contributed by atoms with Gasteiger partial charge in [-0.15, -0.1) is 0 Å². The van der Waals surface area contributed by atoms with Crippen LogP contribution in [0.4, 0.5) is 0 Å². The van der Waals surface area contributed by atoms with E-state index in [9.17, 15) is 39.0 Å². The Morgan fingerprint density at radius 1 is 0.590 bits per heavy atom. The molecule has 0 fully saturated rings. The summed E-state index contributed by atoms with van der Waals surface area (Å²) in [5, 5.41) is 34.6. The average Bonchev–Trinajstić information content (AvgIpc) is 2.87. The highest BCUT2D eigenvalue weighted by Gasteiger charge is 2.32. The van der Waals surface area contributed by atoms with Crippen molar-refractivity contribution in [2.45, 2.75) is 49.9 Å². The van der Waals surface area contributed by atoms with E-state index in [1.165, 1.54) is 0 Å². The van der Waals surface area contributed by atoms with Crippen molar-refractivity contribution in [1.29, 1.82) is 0 Å². The van der Waals surface area contributed by atoms with Crippen LogP contribution in [-0.4, -0.2) is 75.1 Å². The van der Waals surface area contributed by atoms with E-state index in [1.807, 2.05) is 0 Å². The number of benzene rings is 2. The van der Waals surface area contributed by atoms with Crippen LogP contribution in [0.2, 0.25) is 0 Å². The standard InChI is InChI=1S/C26H30N4O9/c27-17(13-21(31)32)23(35)28-19(14-22(33)34)25(37)29-18(11-15-7-3-1-4-8-15)24(36)30-20(26(38)39)12-16-9-5-2-6-10-16/h1-10,17-20H,11-14,27H2,(H,28,35)(H,29,37)(H,30,36)(H,31,32)(H,33,34)(H,38,39). The maximum atomic E-state index is 13.2. The van der Waals surface area contributed by atoms with Crippen LogP contribution in [0, 0.1) is 0 Å². The van der Waals surface area contributed by atoms with Gasteiger partial charge in [-0.25, -0.2) is 4.79 Å². The molecule has 2 aromatic carbocycles. The monoisotopic (exact) mass is 542 g/mol. The van der Waals surface area contributed by atoms with E-state index in [4.69, 9.17) is 10.8 Å². The predicted octanol–water partition coefficient (Wildman–Crippen LogP) is -0.712.